The minimum atomic E-state index is -2.98. The quantitative estimate of drug-likeness (QED) is 0.483. The van der Waals surface area contributed by atoms with Crippen molar-refractivity contribution in [3.8, 4) is 0 Å². The van der Waals surface area contributed by atoms with Gasteiger partial charge in [0.2, 0.25) is 0 Å². The molecule has 2 aromatic carbocycles. The second kappa shape index (κ2) is 8.04. The Hall–Kier alpha value is -1.74. The highest BCUT2D eigenvalue weighted by Crippen LogP contribution is 2.27. The average molecular weight is 322 g/mol. The van der Waals surface area contributed by atoms with E-state index in [0.717, 1.165) is 5.56 Å². The van der Waals surface area contributed by atoms with Crippen molar-refractivity contribution >= 4 is 17.3 Å². The first kappa shape index (κ1) is 16.6. The van der Waals surface area contributed by atoms with Crippen LogP contribution in [0.1, 0.15) is 24.0 Å². The van der Waals surface area contributed by atoms with E-state index >= 15 is 0 Å². The molecular weight excluding hydrogens is 304 g/mol. The smallest absolute Gasteiger partial charge is 0.278 e. The van der Waals surface area contributed by atoms with Gasteiger partial charge in [0.25, 0.3) is 5.92 Å². The van der Waals surface area contributed by atoms with Crippen molar-refractivity contribution in [2.24, 2.45) is 4.99 Å². The lowest BCUT2D eigenvalue weighted by Gasteiger charge is -2.19. The third kappa shape index (κ3) is 4.63. The zero-order chi connectivity index (χ0) is 15.8. The molecule has 0 heterocycles. The monoisotopic (exact) mass is 321 g/mol. The standard InChI is InChI=1S/C18H18ClF2N/c19-13-7-12-18(20,21)17(16-10-5-2-6-11-16)22-14-15-8-3-1-4-9-15/h1-6,8-11H,7,12-14H2. The molecule has 0 aliphatic rings. The maximum absolute atomic E-state index is 14.5. The van der Waals surface area contributed by atoms with Crippen LogP contribution in [0.2, 0.25) is 0 Å². The van der Waals surface area contributed by atoms with E-state index in [0.29, 0.717) is 5.56 Å². The molecule has 0 spiro atoms. The van der Waals surface area contributed by atoms with Crippen LogP contribution >= 0.6 is 11.6 Å². The van der Waals surface area contributed by atoms with Gasteiger partial charge in [-0.15, -0.1) is 11.6 Å². The van der Waals surface area contributed by atoms with Crippen molar-refractivity contribution in [3.05, 3.63) is 71.8 Å². The maximum atomic E-state index is 14.5. The Kier molecular flexibility index (Phi) is 6.08. The minimum Gasteiger partial charge on any atom is -0.278 e. The molecule has 0 radical (unpaired) electrons. The van der Waals surface area contributed by atoms with Crippen molar-refractivity contribution < 1.29 is 8.78 Å². The summed E-state index contributed by atoms with van der Waals surface area (Å²) in [7, 11) is 0. The molecule has 0 unspecified atom stereocenters. The lowest BCUT2D eigenvalue weighted by Crippen LogP contribution is -2.30. The van der Waals surface area contributed by atoms with Gasteiger partial charge in [-0.2, -0.15) is 8.78 Å². The van der Waals surface area contributed by atoms with Crippen LogP contribution in [0.5, 0.6) is 0 Å². The van der Waals surface area contributed by atoms with E-state index in [1.165, 1.54) is 0 Å². The van der Waals surface area contributed by atoms with E-state index in [1.54, 1.807) is 30.3 Å². The third-order valence-electron chi connectivity index (χ3n) is 3.28. The van der Waals surface area contributed by atoms with Crippen molar-refractivity contribution in [1.29, 1.82) is 0 Å². The summed E-state index contributed by atoms with van der Waals surface area (Å²) in [4.78, 5) is 4.21. The van der Waals surface area contributed by atoms with Crippen LogP contribution in [0.15, 0.2) is 65.7 Å². The summed E-state index contributed by atoms with van der Waals surface area (Å²) in [5.74, 6) is -2.76. The summed E-state index contributed by atoms with van der Waals surface area (Å²) in [5, 5.41) is 0. The number of benzene rings is 2. The van der Waals surface area contributed by atoms with E-state index < -0.39 is 5.92 Å². The summed E-state index contributed by atoms with van der Waals surface area (Å²) in [5.41, 5.74) is 1.20. The van der Waals surface area contributed by atoms with Gasteiger partial charge in [-0.1, -0.05) is 60.7 Å². The molecule has 0 aromatic heterocycles. The molecule has 0 aliphatic heterocycles. The number of hydrogen-bond donors (Lipinski definition) is 0. The van der Waals surface area contributed by atoms with Gasteiger partial charge in [-0.3, -0.25) is 4.99 Å². The van der Waals surface area contributed by atoms with Crippen molar-refractivity contribution in [2.75, 3.05) is 5.88 Å². The van der Waals surface area contributed by atoms with E-state index in [1.807, 2.05) is 30.3 Å². The molecule has 0 saturated carbocycles. The first-order valence-corrected chi connectivity index (χ1v) is 7.75. The number of rotatable bonds is 7. The average Bonchev–Trinajstić information content (AvgIpc) is 2.55. The Bertz CT molecular complexity index is 597. The topological polar surface area (TPSA) is 12.4 Å². The maximum Gasteiger partial charge on any atom is 0.289 e. The summed E-state index contributed by atoms with van der Waals surface area (Å²) >= 11 is 5.56. The molecule has 2 aromatic rings. The highest BCUT2D eigenvalue weighted by Gasteiger charge is 2.35. The molecule has 1 nitrogen and oxygen atoms in total. The summed E-state index contributed by atoms with van der Waals surface area (Å²) < 4.78 is 28.9. The minimum absolute atomic E-state index is 0.165. The molecule has 2 rings (SSSR count). The lowest BCUT2D eigenvalue weighted by molar-refractivity contribution is 0.0679. The van der Waals surface area contributed by atoms with Gasteiger partial charge in [-0.25, -0.2) is 0 Å². The lowest BCUT2D eigenvalue weighted by atomic mass is 10.0. The van der Waals surface area contributed by atoms with Crippen LogP contribution in [0.4, 0.5) is 8.78 Å². The fourth-order valence-corrected chi connectivity index (χ4v) is 2.31. The molecule has 22 heavy (non-hydrogen) atoms. The van der Waals surface area contributed by atoms with Gasteiger partial charge in [-0.05, 0) is 12.0 Å². The second-order valence-electron chi connectivity index (χ2n) is 5.01. The summed E-state index contributed by atoms with van der Waals surface area (Å²) in [6.45, 7) is 0.238. The number of hydrogen-bond acceptors (Lipinski definition) is 1. The van der Waals surface area contributed by atoms with Crippen molar-refractivity contribution in [2.45, 2.75) is 25.3 Å². The number of alkyl halides is 3. The van der Waals surface area contributed by atoms with Gasteiger partial charge in [0.1, 0.15) is 5.71 Å². The van der Waals surface area contributed by atoms with Gasteiger partial charge in [0, 0.05) is 17.9 Å². The Morgan fingerprint density at radius 3 is 2.14 bits per heavy atom. The summed E-state index contributed by atoms with van der Waals surface area (Å²) in [6.07, 6.45) is -0.0369. The van der Waals surface area contributed by atoms with E-state index in [9.17, 15) is 8.78 Å². The fraction of sp³-hybridized carbons (Fsp3) is 0.278. The highest BCUT2D eigenvalue weighted by atomic mass is 35.5. The molecule has 0 bridgehead atoms. The predicted octanol–water partition coefficient (Wildman–Crippen LogP) is 5.33. The molecule has 4 heteroatoms. The summed E-state index contributed by atoms with van der Waals surface area (Å²) in [6, 6.07) is 18.0. The van der Waals surface area contributed by atoms with Crippen LogP contribution in [0.3, 0.4) is 0 Å². The second-order valence-corrected chi connectivity index (χ2v) is 5.39. The Morgan fingerprint density at radius 1 is 0.955 bits per heavy atom. The molecule has 0 saturated heterocycles. The zero-order valence-electron chi connectivity index (χ0n) is 12.2. The molecule has 0 atom stereocenters. The fourth-order valence-electron chi connectivity index (χ4n) is 2.18. The zero-order valence-corrected chi connectivity index (χ0v) is 12.9. The molecule has 0 N–H and O–H groups in total. The number of nitrogens with zero attached hydrogens (tertiary/aromatic N) is 1. The van der Waals surface area contributed by atoms with Crippen LogP contribution in [0, 0.1) is 0 Å². The Balaban J connectivity index is 2.29. The molecule has 116 valence electrons. The van der Waals surface area contributed by atoms with E-state index in [4.69, 9.17) is 11.6 Å². The molecule has 0 fully saturated rings. The van der Waals surface area contributed by atoms with Crippen molar-refractivity contribution in [1.82, 2.24) is 0 Å². The first-order valence-electron chi connectivity index (χ1n) is 7.21. The van der Waals surface area contributed by atoms with Gasteiger partial charge in [0.15, 0.2) is 0 Å². The van der Waals surface area contributed by atoms with Crippen LogP contribution in [0.25, 0.3) is 0 Å². The van der Waals surface area contributed by atoms with Crippen molar-refractivity contribution in [3.63, 3.8) is 0 Å². The Labute approximate surface area is 134 Å². The van der Waals surface area contributed by atoms with Gasteiger partial charge < -0.3 is 0 Å². The molecule has 0 aliphatic carbocycles. The largest absolute Gasteiger partial charge is 0.289 e. The van der Waals surface area contributed by atoms with E-state index in [2.05, 4.69) is 4.99 Å². The van der Waals surface area contributed by atoms with Crippen LogP contribution in [-0.4, -0.2) is 17.5 Å². The SMILES string of the molecule is FC(F)(CCCCl)C(=NCc1ccccc1)c1ccccc1. The predicted molar refractivity (Wildman–Crippen MR) is 88.0 cm³/mol. The molecular formula is C18H18ClF2N. The van der Waals surface area contributed by atoms with Crippen LogP contribution < -0.4 is 0 Å². The number of aliphatic imine (C=N–C) groups is 1. The molecule has 0 amide bonds. The van der Waals surface area contributed by atoms with Gasteiger partial charge >= 0.3 is 0 Å². The third-order valence-corrected chi connectivity index (χ3v) is 3.55. The normalized spacial score (nSPS) is 12.4. The van der Waals surface area contributed by atoms with Gasteiger partial charge in [0.05, 0.1) is 6.54 Å². The Morgan fingerprint density at radius 2 is 1.55 bits per heavy atom. The van der Waals surface area contributed by atoms with Crippen LogP contribution in [-0.2, 0) is 6.54 Å². The first-order chi connectivity index (χ1) is 10.6. The van der Waals surface area contributed by atoms with E-state index in [-0.39, 0.29) is 31.0 Å². The number of halogens is 3. The highest BCUT2D eigenvalue weighted by molar-refractivity contribution is 6.17.